The molecular weight excluding hydrogens is 356 g/mol. The van der Waals surface area contributed by atoms with Crippen molar-refractivity contribution < 1.29 is 4.79 Å². The number of carbonyl (C=O) groups is 1. The molecule has 0 saturated carbocycles. The van der Waals surface area contributed by atoms with Gasteiger partial charge in [-0.05, 0) is 26.2 Å². The fraction of sp³-hybridized carbons (Fsp3) is 0.962. The van der Waals surface area contributed by atoms with Crippen molar-refractivity contribution in [2.45, 2.75) is 143 Å². The Morgan fingerprint density at radius 3 is 1.24 bits per heavy atom. The number of carbonyl (C=O) groups excluding carboxylic acids is 1. The molecule has 0 fully saturated rings. The summed E-state index contributed by atoms with van der Waals surface area (Å²) < 4.78 is 0. The highest BCUT2D eigenvalue weighted by molar-refractivity contribution is 5.75. The van der Waals surface area contributed by atoms with Crippen molar-refractivity contribution in [3.63, 3.8) is 0 Å². The van der Waals surface area contributed by atoms with Gasteiger partial charge in [-0.25, -0.2) is 5.01 Å². The molecular formula is C26H54N2O. The lowest BCUT2D eigenvalue weighted by Crippen LogP contribution is -2.47. The summed E-state index contributed by atoms with van der Waals surface area (Å²) >= 11 is 0. The molecule has 0 aromatic rings. The first-order chi connectivity index (χ1) is 14.2. The van der Waals surface area contributed by atoms with Crippen molar-refractivity contribution in [2.24, 2.45) is 0 Å². The molecule has 1 amide bonds. The van der Waals surface area contributed by atoms with Crippen LogP contribution in [0.25, 0.3) is 0 Å². The van der Waals surface area contributed by atoms with Gasteiger partial charge in [0, 0.05) is 26.1 Å². The van der Waals surface area contributed by atoms with Crippen molar-refractivity contribution in [1.82, 2.24) is 10.0 Å². The Morgan fingerprint density at radius 2 is 0.897 bits per heavy atom. The maximum absolute atomic E-state index is 12.6. The fourth-order valence-corrected chi connectivity index (χ4v) is 4.18. The number of hydrogen-bond acceptors (Lipinski definition) is 2. The standard InChI is InChI=1S/C26H54N2O/c1-5-9-10-11-12-13-14-15-16-17-18-19-20-21-22-23-26(29)28(8-4)27(24-6-2)25-7-3/h5-25H2,1-4H3. The van der Waals surface area contributed by atoms with E-state index in [1.807, 2.05) is 5.01 Å². The van der Waals surface area contributed by atoms with Gasteiger partial charge in [-0.1, -0.05) is 111 Å². The Balaban J connectivity index is 3.55. The number of hydrogen-bond donors (Lipinski definition) is 0. The molecule has 174 valence electrons. The van der Waals surface area contributed by atoms with Gasteiger partial charge in [0.15, 0.2) is 0 Å². The largest absolute Gasteiger partial charge is 0.276 e. The summed E-state index contributed by atoms with van der Waals surface area (Å²) in [6.07, 6.45) is 23.5. The van der Waals surface area contributed by atoms with Crippen LogP contribution in [-0.4, -0.2) is 35.6 Å². The molecule has 0 bridgehead atoms. The van der Waals surface area contributed by atoms with Gasteiger partial charge in [-0.2, -0.15) is 0 Å². The van der Waals surface area contributed by atoms with Crippen molar-refractivity contribution in [2.75, 3.05) is 19.6 Å². The summed E-state index contributed by atoms with van der Waals surface area (Å²) in [6.45, 7) is 11.6. The molecule has 29 heavy (non-hydrogen) atoms. The lowest BCUT2D eigenvalue weighted by Gasteiger charge is -2.34. The average molecular weight is 411 g/mol. The number of rotatable bonds is 22. The van der Waals surface area contributed by atoms with E-state index in [1.165, 1.54) is 89.9 Å². The van der Waals surface area contributed by atoms with Crippen LogP contribution in [0.3, 0.4) is 0 Å². The lowest BCUT2D eigenvalue weighted by atomic mass is 10.0. The first-order valence-corrected chi connectivity index (χ1v) is 13.3. The van der Waals surface area contributed by atoms with Crippen LogP contribution >= 0.6 is 0 Å². The van der Waals surface area contributed by atoms with Gasteiger partial charge >= 0.3 is 0 Å². The minimum Gasteiger partial charge on any atom is -0.276 e. The second kappa shape index (κ2) is 22.1. The monoisotopic (exact) mass is 410 g/mol. The van der Waals surface area contributed by atoms with Crippen LogP contribution in [-0.2, 0) is 4.79 Å². The smallest absolute Gasteiger partial charge is 0.236 e. The number of unbranched alkanes of at least 4 members (excludes halogenated alkanes) is 14. The van der Waals surface area contributed by atoms with E-state index in [2.05, 4.69) is 32.7 Å². The van der Waals surface area contributed by atoms with Gasteiger partial charge in [0.1, 0.15) is 0 Å². The summed E-state index contributed by atoms with van der Waals surface area (Å²) in [5, 5.41) is 4.25. The van der Waals surface area contributed by atoms with Crippen LogP contribution in [0, 0.1) is 0 Å². The zero-order valence-corrected chi connectivity index (χ0v) is 20.7. The maximum Gasteiger partial charge on any atom is 0.236 e. The third-order valence-electron chi connectivity index (χ3n) is 5.89. The van der Waals surface area contributed by atoms with Crippen molar-refractivity contribution in [3.05, 3.63) is 0 Å². The Bertz CT molecular complexity index is 340. The van der Waals surface area contributed by atoms with Crippen LogP contribution in [0.4, 0.5) is 0 Å². The highest BCUT2D eigenvalue weighted by Crippen LogP contribution is 2.14. The van der Waals surface area contributed by atoms with Gasteiger partial charge in [0.2, 0.25) is 5.91 Å². The molecule has 0 aliphatic carbocycles. The van der Waals surface area contributed by atoms with Crippen molar-refractivity contribution >= 4 is 5.91 Å². The van der Waals surface area contributed by atoms with Crippen LogP contribution < -0.4 is 0 Å². The zero-order valence-electron chi connectivity index (χ0n) is 20.7. The number of amides is 1. The van der Waals surface area contributed by atoms with Crippen LogP contribution in [0.2, 0.25) is 0 Å². The molecule has 0 aliphatic rings. The molecule has 0 N–H and O–H groups in total. The topological polar surface area (TPSA) is 23.6 Å². The summed E-state index contributed by atoms with van der Waals surface area (Å²) in [6, 6.07) is 0. The van der Waals surface area contributed by atoms with Crippen molar-refractivity contribution in [3.8, 4) is 0 Å². The summed E-state index contributed by atoms with van der Waals surface area (Å²) in [4.78, 5) is 12.6. The number of nitrogens with zero attached hydrogens (tertiary/aromatic N) is 2. The summed E-state index contributed by atoms with van der Waals surface area (Å²) in [5.41, 5.74) is 0. The van der Waals surface area contributed by atoms with E-state index in [0.29, 0.717) is 5.91 Å². The quantitative estimate of drug-likeness (QED) is 0.133. The molecule has 0 aromatic carbocycles. The van der Waals surface area contributed by atoms with E-state index in [4.69, 9.17) is 0 Å². The number of hydrazine groups is 1. The minimum atomic E-state index is 0.323. The normalized spacial score (nSPS) is 11.3. The summed E-state index contributed by atoms with van der Waals surface area (Å²) in [7, 11) is 0. The minimum absolute atomic E-state index is 0.323. The molecule has 3 heteroatoms. The molecule has 3 nitrogen and oxygen atoms in total. The Hall–Kier alpha value is -0.570. The first-order valence-electron chi connectivity index (χ1n) is 13.3. The zero-order chi connectivity index (χ0) is 21.6. The van der Waals surface area contributed by atoms with Crippen LogP contribution in [0.1, 0.15) is 143 Å². The molecule has 0 spiro atoms. The first kappa shape index (κ1) is 28.4. The van der Waals surface area contributed by atoms with Gasteiger partial charge < -0.3 is 0 Å². The summed E-state index contributed by atoms with van der Waals surface area (Å²) in [5.74, 6) is 0.323. The third-order valence-corrected chi connectivity index (χ3v) is 5.89. The fourth-order valence-electron chi connectivity index (χ4n) is 4.18. The van der Waals surface area contributed by atoms with E-state index in [9.17, 15) is 4.79 Å². The van der Waals surface area contributed by atoms with E-state index < -0.39 is 0 Å². The van der Waals surface area contributed by atoms with E-state index in [1.54, 1.807) is 0 Å². The SMILES string of the molecule is CCCCCCCCCCCCCCCCCC(=O)N(CC)N(CCC)CCC. The van der Waals surface area contributed by atoms with E-state index >= 15 is 0 Å². The lowest BCUT2D eigenvalue weighted by molar-refractivity contribution is -0.149. The van der Waals surface area contributed by atoms with Gasteiger partial charge in [0.05, 0.1) is 0 Å². The van der Waals surface area contributed by atoms with E-state index in [-0.39, 0.29) is 0 Å². The van der Waals surface area contributed by atoms with Gasteiger partial charge in [-0.15, -0.1) is 0 Å². The Labute approximate surface area is 184 Å². The van der Waals surface area contributed by atoms with E-state index in [0.717, 1.165) is 45.3 Å². The van der Waals surface area contributed by atoms with Crippen LogP contribution in [0.15, 0.2) is 0 Å². The van der Waals surface area contributed by atoms with Crippen molar-refractivity contribution in [1.29, 1.82) is 0 Å². The van der Waals surface area contributed by atoms with Gasteiger partial charge in [0.25, 0.3) is 0 Å². The molecule has 0 saturated heterocycles. The molecule has 0 heterocycles. The Morgan fingerprint density at radius 1 is 0.517 bits per heavy atom. The van der Waals surface area contributed by atoms with Gasteiger partial charge in [-0.3, -0.25) is 9.80 Å². The second-order valence-electron chi connectivity index (χ2n) is 8.76. The Kier molecular flexibility index (Phi) is 21.7. The molecule has 0 aromatic heterocycles. The predicted molar refractivity (Wildman–Crippen MR) is 129 cm³/mol. The molecule has 0 rings (SSSR count). The van der Waals surface area contributed by atoms with Crippen LogP contribution in [0.5, 0.6) is 0 Å². The molecule has 0 unspecified atom stereocenters. The second-order valence-corrected chi connectivity index (χ2v) is 8.76. The molecule has 0 aliphatic heterocycles. The average Bonchev–Trinajstić information content (AvgIpc) is 2.71. The highest BCUT2D eigenvalue weighted by Gasteiger charge is 2.17. The molecule has 0 radical (unpaired) electrons. The third kappa shape index (κ3) is 16.9. The highest BCUT2D eigenvalue weighted by atomic mass is 16.2. The molecule has 0 atom stereocenters. The predicted octanol–water partition coefficient (Wildman–Crippen LogP) is 8.13. The maximum atomic E-state index is 12.6.